The van der Waals surface area contributed by atoms with Gasteiger partial charge in [0.1, 0.15) is 0 Å². The quantitative estimate of drug-likeness (QED) is 0.556. The summed E-state index contributed by atoms with van der Waals surface area (Å²) in [6.45, 7) is 1.77. The third-order valence-electron chi connectivity index (χ3n) is 3.70. The molecule has 0 spiro atoms. The molecule has 0 aliphatic rings. The maximum Gasteiger partial charge on any atom is 0.270 e. The molecule has 8 nitrogen and oxygen atoms in total. The van der Waals surface area contributed by atoms with Crippen LogP contribution in [0.3, 0.4) is 0 Å². The Hall–Kier alpha value is -3.81. The molecule has 0 unspecified atom stereocenters. The highest BCUT2D eigenvalue weighted by molar-refractivity contribution is 6.07. The van der Waals surface area contributed by atoms with Crippen LogP contribution in [-0.4, -0.2) is 21.7 Å². The second kappa shape index (κ2) is 6.98. The number of aryl methyl sites for hydroxylation is 1. The van der Waals surface area contributed by atoms with E-state index in [1.807, 2.05) is 6.07 Å². The molecule has 3 aromatic rings. The molecule has 0 aliphatic carbocycles. The summed E-state index contributed by atoms with van der Waals surface area (Å²) in [6.07, 6.45) is 0. The second-order valence-electron chi connectivity index (χ2n) is 5.54. The van der Waals surface area contributed by atoms with Gasteiger partial charge in [-0.1, -0.05) is 24.3 Å². The van der Waals surface area contributed by atoms with E-state index in [0.717, 1.165) is 6.07 Å². The van der Waals surface area contributed by atoms with Gasteiger partial charge in [-0.05, 0) is 25.1 Å². The lowest BCUT2D eigenvalue weighted by Gasteiger charge is -2.10. The van der Waals surface area contributed by atoms with Crippen LogP contribution in [0, 0.1) is 17.0 Å². The van der Waals surface area contributed by atoms with E-state index in [2.05, 4.69) is 15.8 Å². The van der Waals surface area contributed by atoms with Gasteiger partial charge in [-0.15, -0.1) is 0 Å². The predicted octanol–water partition coefficient (Wildman–Crippen LogP) is 2.53. The molecular weight excluding hydrogens is 336 g/mol. The van der Waals surface area contributed by atoms with Crippen LogP contribution >= 0.6 is 0 Å². The van der Waals surface area contributed by atoms with Crippen LogP contribution in [0.25, 0.3) is 10.9 Å². The minimum atomic E-state index is -0.655. The Balaban J connectivity index is 1.78. The Labute approximate surface area is 148 Å². The first kappa shape index (κ1) is 17.0. The number of rotatable bonds is 3. The zero-order valence-electron chi connectivity index (χ0n) is 13.7. The van der Waals surface area contributed by atoms with Gasteiger partial charge in [0, 0.05) is 28.8 Å². The molecule has 130 valence electrons. The Morgan fingerprint density at radius 3 is 2.50 bits per heavy atom. The molecule has 8 heteroatoms. The number of hydrogen-bond acceptors (Lipinski definition) is 5. The van der Waals surface area contributed by atoms with E-state index in [1.165, 1.54) is 18.2 Å². The first-order chi connectivity index (χ1) is 12.5. The Morgan fingerprint density at radius 1 is 1.00 bits per heavy atom. The molecule has 3 rings (SSSR count). The van der Waals surface area contributed by atoms with Crippen molar-refractivity contribution < 1.29 is 14.5 Å². The van der Waals surface area contributed by atoms with Crippen molar-refractivity contribution in [1.82, 2.24) is 15.8 Å². The Morgan fingerprint density at radius 2 is 1.73 bits per heavy atom. The number of fused-ring (bicyclic) bond motifs is 1. The van der Waals surface area contributed by atoms with Crippen molar-refractivity contribution in [3.8, 4) is 0 Å². The van der Waals surface area contributed by atoms with Gasteiger partial charge in [0.2, 0.25) is 0 Å². The third kappa shape index (κ3) is 3.48. The molecule has 2 N–H and O–H groups in total. The SMILES string of the molecule is Cc1cc(C(=O)NNC(=O)c2cccc([N+](=O)[O-])c2)c2ccccc2n1. The summed E-state index contributed by atoms with van der Waals surface area (Å²) in [7, 11) is 0. The number of non-ortho nitro benzene ring substituents is 1. The van der Waals surface area contributed by atoms with E-state index < -0.39 is 16.7 Å². The standard InChI is InChI=1S/C18H14N4O4/c1-11-9-15(14-7-2-3-8-16(14)19-11)18(24)21-20-17(23)12-5-4-6-13(10-12)22(25)26/h2-10H,1H3,(H,20,23)(H,21,24). The van der Waals surface area contributed by atoms with Crippen LogP contribution in [0.5, 0.6) is 0 Å². The molecule has 0 saturated heterocycles. The van der Waals surface area contributed by atoms with E-state index >= 15 is 0 Å². The number of aromatic nitrogens is 1. The summed E-state index contributed by atoms with van der Waals surface area (Å²) in [4.78, 5) is 39.1. The van der Waals surface area contributed by atoms with Gasteiger partial charge in [0.05, 0.1) is 16.0 Å². The maximum atomic E-state index is 12.5. The summed E-state index contributed by atoms with van der Waals surface area (Å²) in [5.74, 6) is -1.16. The van der Waals surface area contributed by atoms with Gasteiger partial charge in [0.25, 0.3) is 17.5 Å². The lowest BCUT2D eigenvalue weighted by Crippen LogP contribution is -2.41. The number of amides is 2. The molecule has 1 heterocycles. The summed E-state index contributed by atoms with van der Waals surface area (Å²) < 4.78 is 0. The first-order valence-corrected chi connectivity index (χ1v) is 7.67. The minimum Gasteiger partial charge on any atom is -0.267 e. The maximum absolute atomic E-state index is 12.5. The topological polar surface area (TPSA) is 114 Å². The smallest absolute Gasteiger partial charge is 0.267 e. The minimum absolute atomic E-state index is 0.0651. The molecule has 2 amide bonds. The molecular formula is C18H14N4O4. The van der Waals surface area contributed by atoms with E-state index in [9.17, 15) is 19.7 Å². The number of para-hydroxylation sites is 1. The summed E-state index contributed by atoms with van der Waals surface area (Å²) >= 11 is 0. The predicted molar refractivity (Wildman–Crippen MR) is 94.5 cm³/mol. The van der Waals surface area contributed by atoms with Crippen LogP contribution in [0.15, 0.2) is 54.6 Å². The summed E-state index contributed by atoms with van der Waals surface area (Å²) in [5, 5.41) is 11.4. The highest BCUT2D eigenvalue weighted by Crippen LogP contribution is 2.18. The van der Waals surface area contributed by atoms with Crippen molar-refractivity contribution in [2.24, 2.45) is 0 Å². The lowest BCUT2D eigenvalue weighted by atomic mass is 10.1. The zero-order chi connectivity index (χ0) is 18.7. The van der Waals surface area contributed by atoms with Gasteiger partial charge in [-0.25, -0.2) is 0 Å². The number of carbonyl (C=O) groups excluding carboxylic acids is 2. The molecule has 0 bridgehead atoms. The third-order valence-corrected chi connectivity index (χ3v) is 3.70. The molecule has 0 radical (unpaired) electrons. The fourth-order valence-corrected chi connectivity index (χ4v) is 2.51. The summed E-state index contributed by atoms with van der Waals surface area (Å²) in [5.41, 5.74) is 6.15. The van der Waals surface area contributed by atoms with Crippen molar-refractivity contribution in [2.75, 3.05) is 0 Å². The Kier molecular flexibility index (Phi) is 4.57. The monoisotopic (exact) mass is 350 g/mol. The zero-order valence-corrected chi connectivity index (χ0v) is 13.7. The number of hydrogen-bond donors (Lipinski definition) is 2. The highest BCUT2D eigenvalue weighted by Gasteiger charge is 2.15. The fourth-order valence-electron chi connectivity index (χ4n) is 2.51. The molecule has 2 aromatic carbocycles. The molecule has 0 saturated carbocycles. The van der Waals surface area contributed by atoms with Crippen molar-refractivity contribution in [2.45, 2.75) is 6.92 Å². The highest BCUT2D eigenvalue weighted by atomic mass is 16.6. The van der Waals surface area contributed by atoms with Gasteiger partial charge in [0.15, 0.2) is 0 Å². The van der Waals surface area contributed by atoms with Crippen molar-refractivity contribution in [3.63, 3.8) is 0 Å². The number of hydrazine groups is 1. The fraction of sp³-hybridized carbons (Fsp3) is 0.0556. The van der Waals surface area contributed by atoms with E-state index in [1.54, 1.807) is 31.2 Å². The molecule has 0 aliphatic heterocycles. The van der Waals surface area contributed by atoms with Gasteiger partial charge < -0.3 is 0 Å². The lowest BCUT2D eigenvalue weighted by molar-refractivity contribution is -0.384. The number of nitro benzene ring substituents is 1. The number of nitro groups is 1. The number of pyridine rings is 1. The van der Waals surface area contributed by atoms with Crippen LogP contribution in [0.2, 0.25) is 0 Å². The van der Waals surface area contributed by atoms with Gasteiger partial charge in [-0.3, -0.25) is 35.5 Å². The van der Waals surface area contributed by atoms with Crippen molar-refractivity contribution >= 4 is 28.4 Å². The number of benzene rings is 2. The van der Waals surface area contributed by atoms with Crippen LogP contribution in [0.4, 0.5) is 5.69 Å². The molecule has 1 aromatic heterocycles. The van der Waals surface area contributed by atoms with Gasteiger partial charge in [-0.2, -0.15) is 0 Å². The van der Waals surface area contributed by atoms with Crippen molar-refractivity contribution in [1.29, 1.82) is 0 Å². The first-order valence-electron chi connectivity index (χ1n) is 7.67. The average Bonchev–Trinajstić information content (AvgIpc) is 2.65. The molecule has 0 fully saturated rings. The number of nitrogens with zero attached hydrogens (tertiary/aromatic N) is 2. The largest absolute Gasteiger partial charge is 0.270 e. The molecule has 0 atom stereocenters. The summed E-state index contributed by atoms with van der Waals surface area (Å²) in [6, 6.07) is 14.0. The Bertz CT molecular complexity index is 1030. The molecule has 26 heavy (non-hydrogen) atoms. The van der Waals surface area contributed by atoms with Crippen LogP contribution in [0.1, 0.15) is 26.4 Å². The van der Waals surface area contributed by atoms with E-state index in [4.69, 9.17) is 0 Å². The van der Waals surface area contributed by atoms with Gasteiger partial charge >= 0.3 is 0 Å². The van der Waals surface area contributed by atoms with E-state index in [-0.39, 0.29) is 11.3 Å². The van der Waals surface area contributed by atoms with E-state index in [0.29, 0.717) is 22.2 Å². The number of nitrogens with one attached hydrogen (secondary N) is 2. The van der Waals surface area contributed by atoms with Crippen LogP contribution < -0.4 is 10.9 Å². The normalized spacial score (nSPS) is 10.3. The number of carbonyl (C=O) groups is 2. The second-order valence-corrected chi connectivity index (χ2v) is 5.54. The average molecular weight is 350 g/mol. The van der Waals surface area contributed by atoms with Crippen molar-refractivity contribution in [3.05, 3.63) is 81.5 Å². The van der Waals surface area contributed by atoms with Crippen LogP contribution in [-0.2, 0) is 0 Å².